The molecule has 1 nitrogen and oxygen atoms in total. The molecule has 0 amide bonds. The molecule has 0 aliphatic carbocycles. The molecule has 2 aromatic rings. The van der Waals surface area contributed by atoms with Crippen molar-refractivity contribution >= 4 is 37.4 Å². The highest BCUT2D eigenvalue weighted by Crippen LogP contribution is 2.32. The Morgan fingerprint density at radius 1 is 1.36 bits per heavy atom. The van der Waals surface area contributed by atoms with Gasteiger partial charge in [0.2, 0.25) is 0 Å². The number of hydrogen-bond donors (Lipinski definition) is 1. The topological polar surface area (TPSA) is 20.2 Å². The Morgan fingerprint density at radius 2 is 2.18 bits per heavy atom. The molecule has 2 rings (SSSR count). The molecule has 0 saturated heterocycles. The van der Waals surface area contributed by atoms with Crippen molar-refractivity contribution in [2.45, 2.75) is 0 Å². The average Bonchev–Trinajstić information content (AvgIpc) is 2.33. The summed E-state index contributed by atoms with van der Waals surface area (Å²) in [5, 5.41) is 12.3. The fourth-order valence-corrected chi connectivity index (χ4v) is 2.53. The van der Waals surface area contributed by atoms with E-state index in [0.29, 0.717) is 5.75 Å². The first-order valence-electron chi connectivity index (χ1n) is 3.13. The van der Waals surface area contributed by atoms with E-state index >= 15 is 0 Å². The van der Waals surface area contributed by atoms with E-state index in [9.17, 15) is 0 Å². The third-order valence-electron chi connectivity index (χ3n) is 1.51. The number of aromatic hydroxyl groups is 1. The second-order valence-corrected chi connectivity index (χ2v) is 4.03. The normalized spacial score (nSPS) is 10.6. The molecule has 3 heteroatoms. The number of hydrogen-bond acceptors (Lipinski definition) is 2. The molecule has 0 bridgehead atoms. The molecule has 1 aromatic heterocycles. The minimum Gasteiger partial charge on any atom is -0.508 e. The van der Waals surface area contributed by atoms with Gasteiger partial charge in [0.05, 0.1) is 0 Å². The molecule has 1 N–H and O–H groups in total. The van der Waals surface area contributed by atoms with Gasteiger partial charge in [-0.25, -0.2) is 0 Å². The monoisotopic (exact) mass is 228 g/mol. The second-order valence-electron chi connectivity index (χ2n) is 2.26. The summed E-state index contributed by atoms with van der Waals surface area (Å²) in [7, 11) is 0. The molecule has 56 valence electrons. The van der Waals surface area contributed by atoms with E-state index in [1.807, 2.05) is 11.4 Å². The van der Waals surface area contributed by atoms with Crippen molar-refractivity contribution in [3.63, 3.8) is 0 Å². The SMILES string of the molecule is Oc1ccc2scc(Br)c2c1. The summed E-state index contributed by atoms with van der Waals surface area (Å²) in [4.78, 5) is 0. The van der Waals surface area contributed by atoms with Crippen molar-refractivity contribution < 1.29 is 5.11 Å². The Balaban J connectivity index is 2.87. The third kappa shape index (κ3) is 1.14. The van der Waals surface area contributed by atoms with Crippen LogP contribution in [0.1, 0.15) is 0 Å². The van der Waals surface area contributed by atoms with Gasteiger partial charge in [0.1, 0.15) is 5.75 Å². The summed E-state index contributed by atoms with van der Waals surface area (Å²) in [5.41, 5.74) is 0. The van der Waals surface area contributed by atoms with Gasteiger partial charge in [0.15, 0.2) is 0 Å². The molecule has 0 atom stereocenters. The maximum Gasteiger partial charge on any atom is 0.116 e. The van der Waals surface area contributed by atoms with Gasteiger partial charge in [-0.2, -0.15) is 0 Å². The number of phenolic OH excluding ortho intramolecular Hbond substituents is 1. The van der Waals surface area contributed by atoms with Gasteiger partial charge in [-0.05, 0) is 34.1 Å². The molecule has 0 fully saturated rings. The van der Waals surface area contributed by atoms with Crippen LogP contribution in [0.4, 0.5) is 0 Å². The molecule has 0 aliphatic rings. The van der Waals surface area contributed by atoms with Crippen LogP contribution >= 0.6 is 27.3 Å². The highest BCUT2D eigenvalue weighted by atomic mass is 79.9. The lowest BCUT2D eigenvalue weighted by Gasteiger charge is -1.91. The van der Waals surface area contributed by atoms with Crippen LogP contribution in [-0.2, 0) is 0 Å². The molecule has 1 heterocycles. The lowest BCUT2D eigenvalue weighted by atomic mass is 10.2. The average molecular weight is 229 g/mol. The lowest BCUT2D eigenvalue weighted by Crippen LogP contribution is -1.64. The lowest BCUT2D eigenvalue weighted by molar-refractivity contribution is 0.476. The van der Waals surface area contributed by atoms with Crippen molar-refractivity contribution in [1.82, 2.24) is 0 Å². The van der Waals surface area contributed by atoms with Gasteiger partial charge < -0.3 is 5.11 Å². The van der Waals surface area contributed by atoms with Crippen LogP contribution in [0.2, 0.25) is 0 Å². The molecule has 0 spiro atoms. The van der Waals surface area contributed by atoms with Crippen molar-refractivity contribution in [1.29, 1.82) is 0 Å². The third-order valence-corrected chi connectivity index (χ3v) is 3.43. The van der Waals surface area contributed by atoms with Gasteiger partial charge in [0.25, 0.3) is 0 Å². The van der Waals surface area contributed by atoms with Crippen molar-refractivity contribution in [3.05, 3.63) is 28.1 Å². The Kier molecular flexibility index (Phi) is 1.62. The first-order valence-corrected chi connectivity index (χ1v) is 4.80. The summed E-state index contributed by atoms with van der Waals surface area (Å²) >= 11 is 5.06. The van der Waals surface area contributed by atoms with Crippen LogP contribution in [0.25, 0.3) is 10.1 Å². The largest absolute Gasteiger partial charge is 0.508 e. The van der Waals surface area contributed by atoms with E-state index < -0.39 is 0 Å². The molecular formula is C8H5BrOS. The smallest absolute Gasteiger partial charge is 0.116 e. The molecule has 1 aromatic carbocycles. The number of rotatable bonds is 0. The summed E-state index contributed by atoms with van der Waals surface area (Å²) in [6.45, 7) is 0. The van der Waals surface area contributed by atoms with E-state index in [0.717, 1.165) is 9.86 Å². The van der Waals surface area contributed by atoms with Crippen LogP contribution in [0.15, 0.2) is 28.1 Å². The zero-order valence-corrected chi connectivity index (χ0v) is 7.95. The molecule has 0 saturated carbocycles. The van der Waals surface area contributed by atoms with Crippen molar-refractivity contribution in [3.8, 4) is 5.75 Å². The van der Waals surface area contributed by atoms with E-state index in [4.69, 9.17) is 5.11 Å². The van der Waals surface area contributed by atoms with Gasteiger partial charge in [-0.1, -0.05) is 0 Å². The number of halogens is 1. The minimum atomic E-state index is 0.316. The Bertz CT molecular complexity index is 394. The Labute approximate surface area is 76.4 Å². The second kappa shape index (κ2) is 2.50. The maximum absolute atomic E-state index is 9.16. The van der Waals surface area contributed by atoms with Crippen molar-refractivity contribution in [2.24, 2.45) is 0 Å². The number of fused-ring (bicyclic) bond motifs is 1. The molecular weight excluding hydrogens is 224 g/mol. The highest BCUT2D eigenvalue weighted by Gasteiger charge is 2.00. The zero-order valence-electron chi connectivity index (χ0n) is 5.54. The summed E-state index contributed by atoms with van der Waals surface area (Å²) in [6, 6.07) is 5.38. The quantitative estimate of drug-likeness (QED) is 0.734. The van der Waals surface area contributed by atoms with E-state index in [-0.39, 0.29) is 0 Å². The summed E-state index contributed by atoms with van der Waals surface area (Å²) in [6.07, 6.45) is 0. The predicted octanol–water partition coefficient (Wildman–Crippen LogP) is 3.37. The van der Waals surface area contributed by atoms with Gasteiger partial charge >= 0.3 is 0 Å². The van der Waals surface area contributed by atoms with Crippen LogP contribution in [0, 0.1) is 0 Å². The van der Waals surface area contributed by atoms with E-state index in [2.05, 4.69) is 15.9 Å². The summed E-state index contributed by atoms with van der Waals surface area (Å²) in [5.74, 6) is 0.316. The van der Waals surface area contributed by atoms with Crippen LogP contribution in [0.3, 0.4) is 0 Å². The number of thiophene rings is 1. The fourth-order valence-electron chi connectivity index (χ4n) is 0.986. The summed E-state index contributed by atoms with van der Waals surface area (Å²) < 4.78 is 2.24. The number of benzene rings is 1. The molecule has 0 aliphatic heterocycles. The van der Waals surface area contributed by atoms with Crippen molar-refractivity contribution in [2.75, 3.05) is 0 Å². The first kappa shape index (κ1) is 7.13. The standard InChI is InChI=1S/C8H5BrOS/c9-7-4-11-8-2-1-5(10)3-6(7)8/h1-4,10H. The Hall–Kier alpha value is -0.540. The highest BCUT2D eigenvalue weighted by molar-refractivity contribution is 9.10. The maximum atomic E-state index is 9.16. The van der Waals surface area contributed by atoms with Crippen LogP contribution < -0.4 is 0 Å². The van der Waals surface area contributed by atoms with E-state index in [1.165, 1.54) is 4.70 Å². The minimum absolute atomic E-state index is 0.316. The number of phenols is 1. The van der Waals surface area contributed by atoms with Crippen LogP contribution in [0.5, 0.6) is 5.75 Å². The zero-order chi connectivity index (χ0) is 7.84. The first-order chi connectivity index (χ1) is 5.27. The molecule has 11 heavy (non-hydrogen) atoms. The molecule has 0 unspecified atom stereocenters. The Morgan fingerprint density at radius 3 is 3.00 bits per heavy atom. The van der Waals surface area contributed by atoms with Crippen LogP contribution in [-0.4, -0.2) is 5.11 Å². The molecule has 0 radical (unpaired) electrons. The fraction of sp³-hybridized carbons (Fsp3) is 0. The van der Waals surface area contributed by atoms with Gasteiger partial charge in [0, 0.05) is 19.9 Å². The van der Waals surface area contributed by atoms with Gasteiger partial charge in [-0.15, -0.1) is 11.3 Å². The predicted molar refractivity (Wildman–Crippen MR) is 51.2 cm³/mol. The van der Waals surface area contributed by atoms with Gasteiger partial charge in [-0.3, -0.25) is 0 Å². The van der Waals surface area contributed by atoms with E-state index in [1.54, 1.807) is 23.5 Å².